The molecule has 7 heteroatoms. The molecular formula is C19H26N2O4S. The Balaban J connectivity index is 1.76. The van der Waals surface area contributed by atoms with Crippen LogP contribution >= 0.6 is 0 Å². The van der Waals surface area contributed by atoms with Crippen LogP contribution in [0.4, 0.5) is 0 Å². The molecule has 3 aliphatic rings. The van der Waals surface area contributed by atoms with E-state index >= 15 is 0 Å². The number of piperazine rings is 1. The van der Waals surface area contributed by atoms with Gasteiger partial charge in [0.15, 0.2) is 0 Å². The first-order valence-corrected chi connectivity index (χ1v) is 10.9. The minimum absolute atomic E-state index is 0.0162. The zero-order valence-electron chi connectivity index (χ0n) is 15.4. The second kappa shape index (κ2) is 6.53. The zero-order valence-corrected chi connectivity index (χ0v) is 16.2. The molecule has 1 aromatic carbocycles. The van der Waals surface area contributed by atoms with Crippen molar-refractivity contribution in [2.75, 3.05) is 20.2 Å². The lowest BCUT2D eigenvalue weighted by molar-refractivity contribution is -0.139. The molecule has 2 heterocycles. The number of rotatable bonds is 3. The highest BCUT2D eigenvalue weighted by Gasteiger charge is 2.45. The Morgan fingerprint density at radius 1 is 1.12 bits per heavy atom. The molecule has 0 unspecified atom stereocenters. The van der Waals surface area contributed by atoms with Crippen molar-refractivity contribution < 1.29 is 17.9 Å². The third kappa shape index (κ3) is 2.63. The van der Waals surface area contributed by atoms with Gasteiger partial charge in [-0.25, -0.2) is 8.42 Å². The molecule has 1 aromatic rings. The SMILES string of the molecule is COc1ccc(S(=O)(=O)N2C[C@H]3CCCN3C(=O)[C@@H]2C)c2c1CCCC2. The van der Waals surface area contributed by atoms with Gasteiger partial charge in [-0.2, -0.15) is 4.31 Å². The number of carbonyl (C=O) groups excluding carboxylic acids is 1. The molecule has 2 aliphatic heterocycles. The van der Waals surface area contributed by atoms with Crippen LogP contribution in [-0.4, -0.2) is 55.8 Å². The summed E-state index contributed by atoms with van der Waals surface area (Å²) in [5, 5.41) is 0. The van der Waals surface area contributed by atoms with Crippen molar-refractivity contribution in [2.45, 2.75) is 62.4 Å². The summed E-state index contributed by atoms with van der Waals surface area (Å²) in [5.74, 6) is 0.702. The molecule has 4 rings (SSSR count). The molecule has 2 atom stereocenters. The van der Waals surface area contributed by atoms with Crippen LogP contribution in [0.1, 0.15) is 43.7 Å². The van der Waals surface area contributed by atoms with Gasteiger partial charge in [-0.1, -0.05) is 0 Å². The molecule has 1 amide bonds. The first-order chi connectivity index (χ1) is 12.4. The average molecular weight is 378 g/mol. The fourth-order valence-corrected chi connectivity index (χ4v) is 6.62. The summed E-state index contributed by atoms with van der Waals surface area (Å²) >= 11 is 0. The number of hydrogen-bond acceptors (Lipinski definition) is 4. The van der Waals surface area contributed by atoms with Crippen molar-refractivity contribution in [1.29, 1.82) is 0 Å². The maximum Gasteiger partial charge on any atom is 0.244 e. The molecule has 2 fully saturated rings. The van der Waals surface area contributed by atoms with Crippen molar-refractivity contribution in [1.82, 2.24) is 9.21 Å². The Bertz CT molecular complexity index is 836. The molecule has 0 spiro atoms. The summed E-state index contributed by atoms with van der Waals surface area (Å²) < 4.78 is 33.9. The quantitative estimate of drug-likeness (QED) is 0.806. The van der Waals surface area contributed by atoms with Crippen molar-refractivity contribution in [3.05, 3.63) is 23.3 Å². The molecule has 0 aromatic heterocycles. The summed E-state index contributed by atoms with van der Waals surface area (Å²) in [6.07, 6.45) is 5.44. The van der Waals surface area contributed by atoms with Gasteiger partial charge in [-0.15, -0.1) is 0 Å². The predicted molar refractivity (Wildman–Crippen MR) is 97.7 cm³/mol. The van der Waals surface area contributed by atoms with Crippen LogP contribution in [0.5, 0.6) is 5.75 Å². The molecule has 0 saturated carbocycles. The zero-order chi connectivity index (χ0) is 18.5. The number of nitrogens with zero attached hydrogens (tertiary/aromatic N) is 2. The van der Waals surface area contributed by atoms with E-state index in [9.17, 15) is 13.2 Å². The van der Waals surface area contributed by atoms with Gasteiger partial charge >= 0.3 is 0 Å². The van der Waals surface area contributed by atoms with E-state index in [-0.39, 0.29) is 11.9 Å². The van der Waals surface area contributed by atoms with Gasteiger partial charge in [-0.3, -0.25) is 4.79 Å². The minimum Gasteiger partial charge on any atom is -0.496 e. The number of benzene rings is 1. The van der Waals surface area contributed by atoms with E-state index < -0.39 is 16.1 Å². The van der Waals surface area contributed by atoms with Gasteiger partial charge in [0.05, 0.1) is 12.0 Å². The standard InChI is InChI=1S/C19H26N2O4S/c1-13-19(22)20-11-5-6-14(20)12-21(13)26(23,24)18-10-9-17(25-2)15-7-3-4-8-16(15)18/h9-10,13-14H,3-8,11-12H2,1-2H3/t13-,14+/m0/s1. The van der Waals surface area contributed by atoms with Gasteiger partial charge in [-0.05, 0) is 68.7 Å². The molecule has 0 bridgehead atoms. The first-order valence-electron chi connectivity index (χ1n) is 9.46. The minimum atomic E-state index is -3.72. The second-order valence-corrected chi connectivity index (χ2v) is 9.37. The number of ether oxygens (including phenoxy) is 1. The fraction of sp³-hybridized carbons (Fsp3) is 0.632. The van der Waals surface area contributed by atoms with E-state index in [1.807, 2.05) is 4.90 Å². The molecule has 1 aliphatic carbocycles. The Morgan fingerprint density at radius 2 is 1.85 bits per heavy atom. The van der Waals surface area contributed by atoms with Crippen LogP contribution in [0.15, 0.2) is 17.0 Å². The normalized spacial score (nSPS) is 26.5. The highest BCUT2D eigenvalue weighted by atomic mass is 32.2. The monoisotopic (exact) mass is 378 g/mol. The number of carbonyl (C=O) groups is 1. The first kappa shape index (κ1) is 17.8. The smallest absolute Gasteiger partial charge is 0.244 e. The summed E-state index contributed by atoms with van der Waals surface area (Å²) in [5.41, 5.74) is 1.89. The van der Waals surface area contributed by atoms with E-state index in [4.69, 9.17) is 4.74 Å². The molecular weight excluding hydrogens is 352 g/mol. The van der Waals surface area contributed by atoms with Crippen molar-refractivity contribution in [3.63, 3.8) is 0 Å². The summed E-state index contributed by atoms with van der Waals surface area (Å²) in [7, 11) is -2.10. The van der Waals surface area contributed by atoms with Crippen LogP contribution in [0.2, 0.25) is 0 Å². The lowest BCUT2D eigenvalue weighted by Gasteiger charge is -2.41. The topological polar surface area (TPSA) is 66.9 Å². The highest BCUT2D eigenvalue weighted by Crippen LogP contribution is 2.37. The molecule has 6 nitrogen and oxygen atoms in total. The summed E-state index contributed by atoms with van der Waals surface area (Å²) in [4.78, 5) is 14.9. The van der Waals surface area contributed by atoms with Gasteiger partial charge in [0, 0.05) is 19.1 Å². The van der Waals surface area contributed by atoms with Gasteiger partial charge < -0.3 is 9.64 Å². The molecule has 142 valence electrons. The summed E-state index contributed by atoms with van der Waals surface area (Å²) in [6, 6.07) is 2.80. The maximum absolute atomic E-state index is 13.5. The van der Waals surface area contributed by atoms with Gasteiger partial charge in [0.1, 0.15) is 11.8 Å². The molecule has 0 radical (unpaired) electrons. The van der Waals surface area contributed by atoms with Crippen molar-refractivity contribution in [2.24, 2.45) is 0 Å². The second-order valence-electron chi connectivity index (χ2n) is 7.51. The number of hydrogen-bond donors (Lipinski definition) is 0. The Hall–Kier alpha value is -1.60. The number of methoxy groups -OCH3 is 1. The van der Waals surface area contributed by atoms with Crippen LogP contribution in [0.25, 0.3) is 0 Å². The van der Waals surface area contributed by atoms with Gasteiger partial charge in [0.25, 0.3) is 0 Å². The lowest BCUT2D eigenvalue weighted by Crippen LogP contribution is -2.60. The molecule has 0 N–H and O–H groups in total. The highest BCUT2D eigenvalue weighted by molar-refractivity contribution is 7.89. The largest absolute Gasteiger partial charge is 0.496 e. The van der Waals surface area contributed by atoms with Crippen LogP contribution in [-0.2, 0) is 27.7 Å². The third-order valence-electron chi connectivity index (χ3n) is 6.10. The predicted octanol–water partition coefficient (Wildman–Crippen LogP) is 1.96. The van der Waals surface area contributed by atoms with Crippen molar-refractivity contribution >= 4 is 15.9 Å². The fourth-order valence-electron chi connectivity index (χ4n) is 4.71. The Kier molecular flexibility index (Phi) is 4.47. The van der Waals surface area contributed by atoms with Gasteiger partial charge in [0.2, 0.25) is 15.9 Å². The van der Waals surface area contributed by atoms with E-state index in [2.05, 4.69) is 0 Å². The van der Waals surface area contributed by atoms with E-state index in [0.717, 1.165) is 61.9 Å². The maximum atomic E-state index is 13.5. The number of fused-ring (bicyclic) bond motifs is 2. The summed E-state index contributed by atoms with van der Waals surface area (Å²) in [6.45, 7) is 2.86. The Morgan fingerprint density at radius 3 is 2.58 bits per heavy atom. The van der Waals surface area contributed by atoms with Crippen LogP contribution < -0.4 is 4.74 Å². The lowest BCUT2D eigenvalue weighted by atomic mass is 9.91. The van der Waals surface area contributed by atoms with Crippen LogP contribution in [0, 0.1) is 0 Å². The van der Waals surface area contributed by atoms with E-state index in [1.54, 1.807) is 26.2 Å². The number of amides is 1. The Labute approximate surface area is 155 Å². The average Bonchev–Trinajstić information content (AvgIpc) is 3.12. The molecule has 26 heavy (non-hydrogen) atoms. The van der Waals surface area contributed by atoms with E-state index in [0.29, 0.717) is 11.4 Å². The van der Waals surface area contributed by atoms with Crippen molar-refractivity contribution in [3.8, 4) is 5.75 Å². The number of sulfonamides is 1. The molecule has 2 saturated heterocycles. The third-order valence-corrected chi connectivity index (χ3v) is 8.12. The van der Waals surface area contributed by atoms with E-state index in [1.165, 1.54) is 4.31 Å². The van der Waals surface area contributed by atoms with Crippen LogP contribution in [0.3, 0.4) is 0 Å².